The molecule has 16 heteroatoms. The average molecular weight is 921 g/mol. The van der Waals surface area contributed by atoms with Crippen LogP contribution in [0.3, 0.4) is 0 Å². The first kappa shape index (κ1) is 46.6. The van der Waals surface area contributed by atoms with E-state index in [4.69, 9.17) is 28.9 Å². The predicted octanol–water partition coefficient (Wildman–Crippen LogP) is 6.50. The van der Waals surface area contributed by atoms with Gasteiger partial charge in [0.25, 0.3) is 0 Å². The van der Waals surface area contributed by atoms with E-state index in [2.05, 4.69) is 85.0 Å². The Hall–Kier alpha value is -5.48. The van der Waals surface area contributed by atoms with Crippen molar-refractivity contribution >= 4 is 29.8 Å². The van der Waals surface area contributed by atoms with E-state index in [-0.39, 0.29) is 65.7 Å². The molecular formula is C51H68N8O8. The molecule has 4 fully saturated rings. The van der Waals surface area contributed by atoms with Crippen LogP contribution in [0.5, 0.6) is 0 Å². The van der Waals surface area contributed by atoms with Crippen LogP contribution in [0.1, 0.15) is 107 Å². The summed E-state index contributed by atoms with van der Waals surface area (Å²) in [7, 11) is 2.65. The van der Waals surface area contributed by atoms with Crippen molar-refractivity contribution in [3.05, 3.63) is 65.1 Å². The Bertz CT molecular complexity index is 2320. The summed E-state index contributed by atoms with van der Waals surface area (Å²) < 4.78 is 21.1. The van der Waals surface area contributed by atoms with Crippen LogP contribution in [0.25, 0.3) is 22.4 Å². The molecule has 5 aliphatic heterocycles. The highest BCUT2D eigenvalue weighted by Crippen LogP contribution is 2.43. The van der Waals surface area contributed by atoms with E-state index in [1.807, 2.05) is 16.0 Å². The number of H-pyrrole nitrogens is 1. The van der Waals surface area contributed by atoms with Crippen molar-refractivity contribution in [2.45, 2.75) is 128 Å². The molecule has 16 nitrogen and oxygen atoms in total. The maximum absolute atomic E-state index is 14.5. The van der Waals surface area contributed by atoms with Gasteiger partial charge in [-0.25, -0.2) is 14.6 Å². The van der Waals surface area contributed by atoms with E-state index in [0.717, 1.165) is 66.1 Å². The molecule has 2 aromatic carbocycles. The highest BCUT2D eigenvalue weighted by molar-refractivity contribution is 5.96. The zero-order chi connectivity index (χ0) is 46.9. The number of nitrogens with one attached hydrogen (secondary N) is 4. The summed E-state index contributed by atoms with van der Waals surface area (Å²) in [4.78, 5) is 71.4. The average Bonchev–Trinajstić information content (AvgIpc) is 4.22. The van der Waals surface area contributed by atoms with Crippen LogP contribution in [-0.2, 0) is 41.4 Å². The van der Waals surface area contributed by atoms with E-state index in [9.17, 15) is 19.2 Å². The zero-order valence-electron chi connectivity index (χ0n) is 39.8. The van der Waals surface area contributed by atoms with Crippen LogP contribution in [0.2, 0.25) is 0 Å². The van der Waals surface area contributed by atoms with E-state index in [1.165, 1.54) is 30.9 Å². The number of aliphatic imine (C=N–C) groups is 1. The predicted molar refractivity (Wildman–Crippen MR) is 252 cm³/mol. The third kappa shape index (κ3) is 9.27. The second-order valence-corrected chi connectivity index (χ2v) is 19.8. The molecule has 4 amide bonds. The number of ether oxygens (including phenoxy) is 4. The standard InChI is InChI=1S/C51H68N8O8/c1-28-24-42(58(30(28)3)48(60)44(56-50(62)64-5)34-16-20-66-21-17-34)46-52-26-40(54-46)33-12-10-32(11-13-33)36-14-15-39(38-9-7-8-37(36)38)41-27-53-47(55-41)43-25-29(2)31(4)59(43)49(61)45(57-51(63)65-6)35-18-22-67-23-19-35/h10-15,27-31,34-35,40,42-45H,7-9,16-26H2,1-6H3,(H,52,54)(H,53,55)(H,56,62)(H,57,63)/t28?,29?,30-,31-,40?,42+,43+,44+,45+/m1/s1. The number of amides is 4. The van der Waals surface area contributed by atoms with E-state index in [1.54, 1.807) is 0 Å². The largest absolute Gasteiger partial charge is 0.453 e. The van der Waals surface area contributed by atoms with Gasteiger partial charge >= 0.3 is 12.2 Å². The fraction of sp³-hybridized carbons (Fsp3) is 0.608. The number of methoxy groups -OCH3 is 2. The summed E-state index contributed by atoms with van der Waals surface area (Å²) in [6.45, 7) is 11.3. The second-order valence-electron chi connectivity index (χ2n) is 19.8. The van der Waals surface area contributed by atoms with Gasteiger partial charge in [0.2, 0.25) is 11.8 Å². The number of benzene rings is 2. The number of alkyl carbamates (subject to hydrolysis) is 2. The van der Waals surface area contributed by atoms with Gasteiger partial charge < -0.3 is 49.7 Å². The molecule has 1 aliphatic carbocycles. The van der Waals surface area contributed by atoms with Crippen LogP contribution >= 0.6 is 0 Å². The fourth-order valence-electron chi connectivity index (χ4n) is 11.8. The zero-order valence-corrected chi connectivity index (χ0v) is 39.8. The lowest BCUT2D eigenvalue weighted by molar-refractivity contribution is -0.139. The number of nitrogens with zero attached hydrogens (tertiary/aromatic N) is 4. The maximum Gasteiger partial charge on any atom is 0.407 e. The Labute approximate surface area is 393 Å². The van der Waals surface area contributed by atoms with Gasteiger partial charge in [0.15, 0.2) is 0 Å². The highest BCUT2D eigenvalue weighted by atomic mass is 16.5. The smallest absolute Gasteiger partial charge is 0.407 e. The first-order valence-electron chi connectivity index (χ1n) is 24.6. The summed E-state index contributed by atoms with van der Waals surface area (Å²) in [5, 5.41) is 9.46. The third-order valence-electron chi connectivity index (χ3n) is 16.0. The molecule has 3 aromatic rings. The van der Waals surface area contributed by atoms with E-state index >= 15 is 0 Å². The topological polar surface area (TPSA) is 189 Å². The number of rotatable bonds is 11. The number of aromatic amines is 1. The van der Waals surface area contributed by atoms with Crippen molar-refractivity contribution in [3.8, 4) is 22.4 Å². The van der Waals surface area contributed by atoms with Crippen LogP contribution in [-0.4, -0.2) is 127 Å². The van der Waals surface area contributed by atoms with Crippen molar-refractivity contribution < 1.29 is 38.1 Å². The van der Waals surface area contributed by atoms with Gasteiger partial charge in [-0.05, 0) is 123 Å². The van der Waals surface area contributed by atoms with Crippen molar-refractivity contribution in [2.24, 2.45) is 28.7 Å². The maximum atomic E-state index is 14.5. The van der Waals surface area contributed by atoms with Gasteiger partial charge in [-0.2, -0.15) is 0 Å². The molecule has 4 saturated heterocycles. The summed E-state index contributed by atoms with van der Waals surface area (Å²) in [6.07, 6.45) is 8.04. The molecule has 6 heterocycles. The number of likely N-dealkylation sites (tertiary alicyclic amines) is 2. The Morgan fingerprint density at radius 1 is 0.716 bits per heavy atom. The minimum atomic E-state index is -0.709. The van der Waals surface area contributed by atoms with Crippen molar-refractivity contribution in [3.63, 3.8) is 0 Å². The summed E-state index contributed by atoms with van der Waals surface area (Å²) in [5.41, 5.74) is 8.29. The molecule has 9 rings (SSSR count). The molecule has 360 valence electrons. The van der Waals surface area contributed by atoms with Crippen LogP contribution in [0.15, 0.2) is 47.6 Å². The molecule has 67 heavy (non-hydrogen) atoms. The summed E-state index contributed by atoms with van der Waals surface area (Å²) in [5.74, 6) is 1.80. The first-order chi connectivity index (χ1) is 32.4. The van der Waals surface area contributed by atoms with Crippen molar-refractivity contribution in [1.82, 2.24) is 35.7 Å². The number of amidine groups is 1. The number of carbonyl (C=O) groups excluding carboxylic acids is 4. The second kappa shape index (κ2) is 20.0. The fourth-order valence-corrected chi connectivity index (χ4v) is 11.8. The van der Waals surface area contributed by atoms with Crippen LogP contribution in [0.4, 0.5) is 9.59 Å². The SMILES string of the molecule is COC(=O)N[C@H](C(=O)N1[C@H](C)C(C)C[C@H]1C1=NCC(c2ccc(-c3ccc(-c4cnc([C@@H]5CC(C)[C@@H](C)N5C(=O)[C@@H](NC(=O)OC)C5CCOCC5)[nH]4)c4c3CCC4)cc2)N1)C1CCOCC1. The number of aromatic nitrogens is 2. The Morgan fingerprint density at radius 2 is 1.24 bits per heavy atom. The van der Waals surface area contributed by atoms with Crippen LogP contribution in [0, 0.1) is 23.7 Å². The number of hydrogen-bond acceptors (Lipinski definition) is 11. The molecule has 3 unspecified atom stereocenters. The van der Waals surface area contributed by atoms with Gasteiger partial charge in [0.1, 0.15) is 23.7 Å². The van der Waals surface area contributed by atoms with Gasteiger partial charge in [0, 0.05) is 44.1 Å². The molecule has 0 spiro atoms. The first-order valence-corrected chi connectivity index (χ1v) is 24.6. The number of hydrogen-bond donors (Lipinski definition) is 4. The monoisotopic (exact) mass is 921 g/mol. The van der Waals surface area contributed by atoms with Crippen molar-refractivity contribution in [2.75, 3.05) is 47.2 Å². The van der Waals surface area contributed by atoms with E-state index in [0.29, 0.717) is 58.7 Å². The normalized spacial score (nSPS) is 27.5. The molecule has 0 radical (unpaired) electrons. The third-order valence-corrected chi connectivity index (χ3v) is 16.0. The molecule has 0 saturated carbocycles. The number of fused-ring (bicyclic) bond motifs is 1. The number of carbonyl (C=O) groups is 4. The van der Waals surface area contributed by atoms with Crippen molar-refractivity contribution in [1.29, 1.82) is 0 Å². The molecule has 4 N–H and O–H groups in total. The Kier molecular flexibility index (Phi) is 13.9. The summed E-state index contributed by atoms with van der Waals surface area (Å²) >= 11 is 0. The van der Waals surface area contributed by atoms with Crippen LogP contribution < -0.4 is 16.0 Å². The Balaban J connectivity index is 0.896. The molecule has 0 bridgehead atoms. The lowest BCUT2D eigenvalue weighted by Gasteiger charge is -2.37. The quantitative estimate of drug-likeness (QED) is 0.165. The van der Waals surface area contributed by atoms with Gasteiger partial charge in [-0.1, -0.05) is 50.2 Å². The van der Waals surface area contributed by atoms with Gasteiger partial charge in [0.05, 0.1) is 50.8 Å². The Morgan fingerprint density at radius 3 is 1.81 bits per heavy atom. The van der Waals surface area contributed by atoms with Gasteiger partial charge in [-0.15, -0.1) is 0 Å². The lowest BCUT2D eigenvalue weighted by Crippen LogP contribution is -2.58. The highest BCUT2D eigenvalue weighted by Gasteiger charge is 2.48. The van der Waals surface area contributed by atoms with E-state index < -0.39 is 24.3 Å². The minimum Gasteiger partial charge on any atom is -0.453 e. The molecule has 1 aromatic heterocycles. The number of imidazole rings is 1. The molecule has 6 aliphatic rings. The molecule has 9 atom stereocenters. The molecular weight excluding hydrogens is 853 g/mol. The van der Waals surface area contributed by atoms with Gasteiger partial charge in [-0.3, -0.25) is 14.6 Å². The lowest BCUT2D eigenvalue weighted by atomic mass is 9.90. The minimum absolute atomic E-state index is 0.0231. The summed E-state index contributed by atoms with van der Waals surface area (Å²) in [6, 6.07) is 11.3.